The lowest BCUT2D eigenvalue weighted by Crippen LogP contribution is -2.28. The van der Waals surface area contributed by atoms with E-state index in [1.165, 1.54) is 12.8 Å². The van der Waals surface area contributed by atoms with Crippen molar-refractivity contribution in [3.8, 4) is 11.4 Å². The quantitative estimate of drug-likeness (QED) is 0.932. The van der Waals surface area contributed by atoms with Crippen molar-refractivity contribution < 1.29 is 9.53 Å². The van der Waals surface area contributed by atoms with Gasteiger partial charge in [0.05, 0.1) is 0 Å². The molecule has 0 unspecified atom stereocenters. The van der Waals surface area contributed by atoms with E-state index in [1.54, 1.807) is 0 Å². The van der Waals surface area contributed by atoms with E-state index in [-0.39, 0.29) is 11.8 Å². The van der Waals surface area contributed by atoms with Gasteiger partial charge in [-0.15, -0.1) is 10.2 Å². The third-order valence-electron chi connectivity index (χ3n) is 5.09. The van der Waals surface area contributed by atoms with Crippen LogP contribution in [0, 0.1) is 5.92 Å². The van der Waals surface area contributed by atoms with Gasteiger partial charge in [-0.25, -0.2) is 0 Å². The molecule has 132 valence electrons. The van der Waals surface area contributed by atoms with Gasteiger partial charge >= 0.3 is 0 Å². The summed E-state index contributed by atoms with van der Waals surface area (Å²) in [5.74, 6) is 2.10. The second-order valence-corrected chi connectivity index (χ2v) is 6.86. The third kappa shape index (κ3) is 3.58. The molecular weight excluding hydrogens is 316 g/mol. The minimum Gasteiger partial charge on any atom is -0.381 e. The predicted molar refractivity (Wildman–Crippen MR) is 95.2 cm³/mol. The van der Waals surface area contributed by atoms with Crippen LogP contribution in [0.2, 0.25) is 0 Å². The average Bonchev–Trinajstić information content (AvgIpc) is 2.91. The van der Waals surface area contributed by atoms with Crippen LogP contribution < -0.4 is 5.32 Å². The monoisotopic (exact) mass is 340 g/mol. The molecule has 2 aromatic rings. The molecule has 3 heterocycles. The van der Waals surface area contributed by atoms with E-state index in [0.29, 0.717) is 13.2 Å². The summed E-state index contributed by atoms with van der Waals surface area (Å²) in [6, 6.07) is 7.93. The highest BCUT2D eigenvalue weighted by atomic mass is 16.5. The highest BCUT2D eigenvalue weighted by Crippen LogP contribution is 2.25. The Morgan fingerprint density at radius 3 is 2.92 bits per heavy atom. The van der Waals surface area contributed by atoms with Crippen molar-refractivity contribution in [1.29, 1.82) is 0 Å². The Kier molecular flexibility index (Phi) is 4.78. The van der Waals surface area contributed by atoms with Crippen LogP contribution in [0.15, 0.2) is 24.3 Å². The normalized spacial score (nSPS) is 18.4. The van der Waals surface area contributed by atoms with E-state index in [9.17, 15) is 4.79 Å². The predicted octanol–water partition coefficient (Wildman–Crippen LogP) is 3.04. The van der Waals surface area contributed by atoms with Crippen molar-refractivity contribution in [3.63, 3.8) is 0 Å². The number of nitrogens with zero attached hydrogens (tertiary/aromatic N) is 3. The lowest BCUT2D eigenvalue weighted by Gasteiger charge is -2.21. The second kappa shape index (κ2) is 7.35. The number of rotatable bonds is 3. The molecular formula is C19H24N4O2. The maximum absolute atomic E-state index is 12.4. The van der Waals surface area contributed by atoms with Crippen LogP contribution in [0.5, 0.6) is 0 Å². The molecule has 1 amide bonds. The summed E-state index contributed by atoms with van der Waals surface area (Å²) in [6.07, 6.45) is 6.17. The number of nitrogens with one attached hydrogen (secondary N) is 1. The summed E-state index contributed by atoms with van der Waals surface area (Å²) >= 11 is 0. The van der Waals surface area contributed by atoms with Crippen LogP contribution in [-0.2, 0) is 22.5 Å². The zero-order valence-corrected chi connectivity index (χ0v) is 14.4. The Bertz CT molecular complexity index is 750. The first-order chi connectivity index (χ1) is 12.3. The molecule has 1 saturated heterocycles. The van der Waals surface area contributed by atoms with Crippen LogP contribution in [-0.4, -0.2) is 33.9 Å². The molecule has 1 N–H and O–H groups in total. The number of carbonyl (C=O) groups is 1. The lowest BCUT2D eigenvalue weighted by molar-refractivity contribution is -0.122. The summed E-state index contributed by atoms with van der Waals surface area (Å²) in [4.78, 5) is 12.4. The van der Waals surface area contributed by atoms with E-state index in [1.807, 2.05) is 24.3 Å². The first kappa shape index (κ1) is 16.3. The van der Waals surface area contributed by atoms with Crippen LogP contribution in [0.4, 0.5) is 5.69 Å². The molecule has 25 heavy (non-hydrogen) atoms. The Labute approximate surface area is 147 Å². The largest absolute Gasteiger partial charge is 0.381 e. The fourth-order valence-corrected chi connectivity index (χ4v) is 3.64. The summed E-state index contributed by atoms with van der Waals surface area (Å²) in [5.41, 5.74) is 1.82. The molecule has 1 fully saturated rings. The van der Waals surface area contributed by atoms with Crippen molar-refractivity contribution in [2.45, 2.75) is 45.1 Å². The van der Waals surface area contributed by atoms with Crippen molar-refractivity contribution in [2.24, 2.45) is 5.92 Å². The molecule has 0 bridgehead atoms. The first-order valence-corrected chi connectivity index (χ1v) is 9.22. The van der Waals surface area contributed by atoms with E-state index in [4.69, 9.17) is 4.74 Å². The molecule has 2 aliphatic rings. The molecule has 0 radical (unpaired) electrons. The zero-order valence-electron chi connectivity index (χ0n) is 14.4. The van der Waals surface area contributed by atoms with Gasteiger partial charge in [-0.3, -0.25) is 4.79 Å². The lowest BCUT2D eigenvalue weighted by atomic mass is 9.99. The number of benzene rings is 1. The highest BCUT2D eigenvalue weighted by Gasteiger charge is 2.22. The molecule has 6 nitrogen and oxygen atoms in total. The first-order valence-electron chi connectivity index (χ1n) is 9.22. The Balaban J connectivity index is 1.53. The minimum atomic E-state index is 0.0433. The number of amides is 1. The van der Waals surface area contributed by atoms with Gasteiger partial charge in [0.1, 0.15) is 5.82 Å². The molecule has 2 aliphatic heterocycles. The molecule has 0 aliphatic carbocycles. The van der Waals surface area contributed by atoms with Crippen molar-refractivity contribution in [3.05, 3.63) is 30.1 Å². The van der Waals surface area contributed by atoms with Gasteiger partial charge in [0.25, 0.3) is 0 Å². The zero-order chi connectivity index (χ0) is 17.1. The van der Waals surface area contributed by atoms with Gasteiger partial charge in [-0.1, -0.05) is 18.6 Å². The molecule has 1 aromatic carbocycles. The van der Waals surface area contributed by atoms with Crippen LogP contribution >= 0.6 is 0 Å². The van der Waals surface area contributed by atoms with Gasteiger partial charge in [0.2, 0.25) is 5.91 Å². The van der Waals surface area contributed by atoms with Crippen molar-refractivity contribution in [2.75, 3.05) is 18.5 Å². The Morgan fingerprint density at radius 1 is 1.16 bits per heavy atom. The van der Waals surface area contributed by atoms with Crippen LogP contribution in [0.1, 0.15) is 37.9 Å². The topological polar surface area (TPSA) is 69.0 Å². The van der Waals surface area contributed by atoms with E-state index in [0.717, 1.165) is 55.1 Å². The van der Waals surface area contributed by atoms with Gasteiger partial charge in [0.15, 0.2) is 5.82 Å². The van der Waals surface area contributed by atoms with Gasteiger partial charge < -0.3 is 14.6 Å². The molecule has 0 atom stereocenters. The molecule has 0 spiro atoms. The number of hydrogen-bond donors (Lipinski definition) is 1. The number of hydrogen-bond acceptors (Lipinski definition) is 4. The highest BCUT2D eigenvalue weighted by molar-refractivity contribution is 5.93. The number of aromatic nitrogens is 3. The van der Waals surface area contributed by atoms with Gasteiger partial charge in [0, 0.05) is 43.3 Å². The van der Waals surface area contributed by atoms with Gasteiger partial charge in [-0.2, -0.15) is 0 Å². The Morgan fingerprint density at radius 2 is 2.04 bits per heavy atom. The molecule has 6 heteroatoms. The minimum absolute atomic E-state index is 0.0433. The number of fused-ring (bicyclic) bond motifs is 1. The number of carbonyl (C=O) groups excluding carboxylic acids is 1. The molecule has 4 rings (SSSR count). The number of aryl methyl sites for hydroxylation is 1. The summed E-state index contributed by atoms with van der Waals surface area (Å²) in [7, 11) is 0. The number of ether oxygens (including phenoxy) is 1. The Hall–Kier alpha value is -2.21. The number of anilines is 1. The third-order valence-corrected chi connectivity index (χ3v) is 5.09. The summed E-state index contributed by atoms with van der Waals surface area (Å²) in [6.45, 7) is 2.31. The molecule has 0 saturated carbocycles. The van der Waals surface area contributed by atoms with Gasteiger partial charge in [-0.05, 0) is 37.8 Å². The maximum atomic E-state index is 12.4. The summed E-state index contributed by atoms with van der Waals surface area (Å²) < 4.78 is 7.56. The van der Waals surface area contributed by atoms with E-state index < -0.39 is 0 Å². The molecule has 1 aromatic heterocycles. The van der Waals surface area contributed by atoms with E-state index in [2.05, 4.69) is 20.1 Å². The fourth-order valence-electron chi connectivity index (χ4n) is 3.64. The SMILES string of the molecule is O=C(Nc1cccc(-c2nnc3n2CCCCC3)c1)C1CCOCC1. The van der Waals surface area contributed by atoms with Crippen LogP contribution in [0.3, 0.4) is 0 Å². The maximum Gasteiger partial charge on any atom is 0.227 e. The van der Waals surface area contributed by atoms with E-state index >= 15 is 0 Å². The van der Waals surface area contributed by atoms with Crippen molar-refractivity contribution in [1.82, 2.24) is 14.8 Å². The smallest absolute Gasteiger partial charge is 0.227 e. The van der Waals surface area contributed by atoms with Crippen LogP contribution in [0.25, 0.3) is 11.4 Å². The second-order valence-electron chi connectivity index (χ2n) is 6.86. The standard InChI is InChI=1S/C19H24N4O2/c24-19(14-8-11-25-12-9-14)20-16-6-4-5-15(13-16)18-22-21-17-7-2-1-3-10-23(17)18/h4-6,13-14H,1-3,7-12H2,(H,20,24). The fraction of sp³-hybridized carbons (Fsp3) is 0.526. The summed E-state index contributed by atoms with van der Waals surface area (Å²) in [5, 5.41) is 11.8. The van der Waals surface area contributed by atoms with Crippen molar-refractivity contribution >= 4 is 11.6 Å². The average molecular weight is 340 g/mol.